The molecule has 4 rings (SSSR count). The molecule has 126 valence electrons. The minimum atomic E-state index is -1.07. The number of carbonyl (C=O) groups is 2. The van der Waals surface area contributed by atoms with Crippen molar-refractivity contribution in [2.75, 3.05) is 11.4 Å². The molecule has 2 unspecified atom stereocenters. The van der Waals surface area contributed by atoms with Crippen LogP contribution in [0.3, 0.4) is 0 Å². The standard InChI is InChI=1S/C18H21N3O2S/c1-11(2)21-16(23)18(15(22)19-17(21)24)10-12-6-3-4-7-13(12)20-9-5-8-14(18)20/h3-4,6-7,11,14H,5,8-10H2,1-2H3,(H,19,22,24). The maximum Gasteiger partial charge on any atom is 0.247 e. The van der Waals surface area contributed by atoms with Crippen LogP contribution >= 0.6 is 12.2 Å². The number of nitrogens with one attached hydrogen (secondary N) is 1. The first-order valence-electron chi connectivity index (χ1n) is 8.50. The number of benzene rings is 1. The molecule has 1 aromatic carbocycles. The fourth-order valence-corrected chi connectivity index (χ4v) is 4.90. The zero-order valence-electron chi connectivity index (χ0n) is 13.9. The first-order chi connectivity index (χ1) is 11.5. The van der Waals surface area contributed by atoms with Gasteiger partial charge in [0.1, 0.15) is 0 Å². The molecule has 0 radical (unpaired) electrons. The second-order valence-electron chi connectivity index (χ2n) is 7.16. The van der Waals surface area contributed by atoms with Crippen molar-refractivity contribution >= 4 is 34.8 Å². The van der Waals surface area contributed by atoms with Crippen molar-refractivity contribution in [2.45, 2.75) is 45.2 Å². The van der Waals surface area contributed by atoms with Crippen LogP contribution in [0.25, 0.3) is 0 Å². The fourth-order valence-electron chi connectivity index (χ4n) is 4.52. The van der Waals surface area contributed by atoms with Crippen LogP contribution in [0.15, 0.2) is 24.3 Å². The van der Waals surface area contributed by atoms with Crippen LogP contribution in [0.2, 0.25) is 0 Å². The second kappa shape index (κ2) is 5.28. The summed E-state index contributed by atoms with van der Waals surface area (Å²) in [6.07, 6.45) is 2.29. The lowest BCUT2D eigenvalue weighted by molar-refractivity contribution is -0.153. The highest BCUT2D eigenvalue weighted by molar-refractivity contribution is 7.80. The molecule has 0 saturated carbocycles. The summed E-state index contributed by atoms with van der Waals surface area (Å²) in [6, 6.07) is 7.94. The van der Waals surface area contributed by atoms with E-state index >= 15 is 0 Å². The number of carbonyl (C=O) groups excluding carboxylic acids is 2. The highest BCUT2D eigenvalue weighted by Crippen LogP contribution is 2.48. The van der Waals surface area contributed by atoms with Gasteiger partial charge in [-0.1, -0.05) is 18.2 Å². The van der Waals surface area contributed by atoms with Crippen molar-refractivity contribution in [3.8, 4) is 0 Å². The monoisotopic (exact) mass is 343 g/mol. The molecule has 2 saturated heterocycles. The zero-order valence-corrected chi connectivity index (χ0v) is 14.7. The number of thiocarbonyl (C=S) groups is 1. The van der Waals surface area contributed by atoms with Gasteiger partial charge >= 0.3 is 0 Å². The minimum absolute atomic E-state index is 0.0745. The predicted molar refractivity (Wildman–Crippen MR) is 95.7 cm³/mol. The van der Waals surface area contributed by atoms with E-state index in [0.29, 0.717) is 6.42 Å². The van der Waals surface area contributed by atoms with E-state index < -0.39 is 5.41 Å². The highest BCUT2D eigenvalue weighted by atomic mass is 32.1. The van der Waals surface area contributed by atoms with Gasteiger partial charge in [0.25, 0.3) is 0 Å². The quantitative estimate of drug-likeness (QED) is 0.625. The van der Waals surface area contributed by atoms with Crippen LogP contribution in [0.4, 0.5) is 5.69 Å². The van der Waals surface area contributed by atoms with Crippen LogP contribution in [0.5, 0.6) is 0 Å². The van der Waals surface area contributed by atoms with Gasteiger partial charge in [-0.25, -0.2) is 0 Å². The van der Waals surface area contributed by atoms with Gasteiger partial charge in [0.05, 0.1) is 6.04 Å². The topological polar surface area (TPSA) is 52.7 Å². The summed E-state index contributed by atoms with van der Waals surface area (Å²) in [4.78, 5) is 30.3. The zero-order chi connectivity index (χ0) is 17.1. The summed E-state index contributed by atoms with van der Waals surface area (Å²) in [6.45, 7) is 4.74. The molecule has 1 spiro atoms. The third-order valence-corrected chi connectivity index (χ3v) is 5.85. The Kier molecular flexibility index (Phi) is 3.42. The number of fused-ring (bicyclic) bond motifs is 4. The van der Waals surface area contributed by atoms with Crippen LogP contribution < -0.4 is 10.2 Å². The molecule has 2 atom stereocenters. The summed E-state index contributed by atoms with van der Waals surface area (Å²) in [5, 5.41) is 3.05. The van der Waals surface area contributed by atoms with E-state index in [1.165, 1.54) is 0 Å². The van der Waals surface area contributed by atoms with E-state index in [2.05, 4.69) is 16.3 Å². The van der Waals surface area contributed by atoms with Crippen LogP contribution in [0.1, 0.15) is 32.3 Å². The van der Waals surface area contributed by atoms with Gasteiger partial charge in [-0.2, -0.15) is 0 Å². The Bertz CT molecular complexity index is 748. The molecule has 3 heterocycles. The number of nitrogens with zero attached hydrogens (tertiary/aromatic N) is 2. The smallest absolute Gasteiger partial charge is 0.247 e. The van der Waals surface area contributed by atoms with Crippen molar-refractivity contribution < 1.29 is 9.59 Å². The van der Waals surface area contributed by atoms with E-state index in [-0.39, 0.29) is 29.0 Å². The number of amides is 2. The first kappa shape index (κ1) is 15.6. The molecule has 0 aromatic heterocycles. The molecule has 1 aromatic rings. The van der Waals surface area contributed by atoms with Crippen molar-refractivity contribution in [1.82, 2.24) is 10.2 Å². The Labute approximate surface area is 147 Å². The number of anilines is 1. The molecular formula is C18H21N3O2S. The molecule has 1 N–H and O–H groups in total. The van der Waals surface area contributed by atoms with Crippen LogP contribution in [0, 0.1) is 5.41 Å². The number of para-hydroxylation sites is 1. The van der Waals surface area contributed by atoms with Crippen LogP contribution in [-0.4, -0.2) is 40.5 Å². The van der Waals surface area contributed by atoms with Crippen molar-refractivity contribution in [1.29, 1.82) is 0 Å². The normalized spacial score (nSPS) is 29.1. The summed E-state index contributed by atoms with van der Waals surface area (Å²) in [7, 11) is 0. The summed E-state index contributed by atoms with van der Waals surface area (Å²) in [5.74, 6) is -0.376. The lowest BCUT2D eigenvalue weighted by Crippen LogP contribution is -2.72. The van der Waals surface area contributed by atoms with Gasteiger partial charge in [0.15, 0.2) is 10.5 Å². The highest BCUT2D eigenvalue weighted by Gasteiger charge is 2.62. The molecular weight excluding hydrogens is 322 g/mol. The number of hydrogen-bond donors (Lipinski definition) is 1. The molecule has 2 fully saturated rings. The van der Waals surface area contributed by atoms with E-state index in [4.69, 9.17) is 12.2 Å². The van der Waals surface area contributed by atoms with Gasteiger partial charge in [0.2, 0.25) is 11.8 Å². The van der Waals surface area contributed by atoms with Crippen LogP contribution in [-0.2, 0) is 16.0 Å². The Morgan fingerprint density at radius 3 is 2.79 bits per heavy atom. The Morgan fingerprint density at radius 1 is 1.29 bits per heavy atom. The number of hydrogen-bond acceptors (Lipinski definition) is 4. The summed E-state index contributed by atoms with van der Waals surface area (Å²) in [5.41, 5.74) is 1.16. The van der Waals surface area contributed by atoms with Gasteiger partial charge < -0.3 is 10.2 Å². The molecule has 3 aliphatic heterocycles. The van der Waals surface area contributed by atoms with Gasteiger partial charge in [-0.3, -0.25) is 14.5 Å². The Morgan fingerprint density at radius 2 is 2.04 bits per heavy atom. The third kappa shape index (κ3) is 1.89. The van der Waals surface area contributed by atoms with Gasteiger partial charge in [0, 0.05) is 18.3 Å². The summed E-state index contributed by atoms with van der Waals surface area (Å²) >= 11 is 5.27. The molecule has 2 amide bonds. The maximum absolute atomic E-state index is 13.5. The second-order valence-corrected chi connectivity index (χ2v) is 7.54. The molecule has 0 bridgehead atoms. The Balaban J connectivity index is 1.88. The largest absolute Gasteiger partial charge is 0.367 e. The predicted octanol–water partition coefficient (Wildman–Crippen LogP) is 1.85. The SMILES string of the molecule is CC(C)N1C(=O)C2(Cc3ccccc3N3CCCC32)C(=O)NC1=S. The third-order valence-electron chi connectivity index (χ3n) is 5.55. The summed E-state index contributed by atoms with van der Waals surface area (Å²) < 4.78 is 0. The average molecular weight is 343 g/mol. The molecule has 3 aliphatic rings. The van der Waals surface area contributed by atoms with E-state index in [1.54, 1.807) is 4.90 Å². The first-order valence-corrected chi connectivity index (χ1v) is 8.91. The molecule has 6 heteroatoms. The van der Waals surface area contributed by atoms with Crippen molar-refractivity contribution in [3.05, 3.63) is 29.8 Å². The van der Waals surface area contributed by atoms with E-state index in [1.807, 2.05) is 32.0 Å². The lowest BCUT2D eigenvalue weighted by Gasteiger charge is -2.51. The number of rotatable bonds is 1. The maximum atomic E-state index is 13.5. The molecule has 5 nitrogen and oxygen atoms in total. The van der Waals surface area contributed by atoms with Crippen molar-refractivity contribution in [3.63, 3.8) is 0 Å². The van der Waals surface area contributed by atoms with Gasteiger partial charge in [-0.05, 0) is 57.0 Å². The average Bonchev–Trinajstić information content (AvgIpc) is 3.02. The van der Waals surface area contributed by atoms with Crippen molar-refractivity contribution in [2.24, 2.45) is 5.41 Å². The van der Waals surface area contributed by atoms with Gasteiger partial charge in [-0.15, -0.1) is 0 Å². The van der Waals surface area contributed by atoms with E-state index in [9.17, 15) is 9.59 Å². The fraction of sp³-hybridized carbons (Fsp3) is 0.500. The molecule has 0 aliphatic carbocycles. The van der Waals surface area contributed by atoms with E-state index in [0.717, 1.165) is 30.6 Å². The molecule has 24 heavy (non-hydrogen) atoms. The minimum Gasteiger partial charge on any atom is -0.367 e. The Hall–Kier alpha value is -1.95. The lowest BCUT2D eigenvalue weighted by atomic mass is 9.68.